The second-order valence-corrected chi connectivity index (χ2v) is 5.35. The quantitative estimate of drug-likeness (QED) is 0.688. The van der Waals surface area contributed by atoms with Crippen LogP contribution in [0.3, 0.4) is 0 Å². The number of ether oxygens (including phenoxy) is 1. The number of benzene rings is 2. The molecule has 3 N–H and O–H groups in total. The number of methoxy groups -OCH3 is 1. The molecule has 3 rings (SSSR count). The smallest absolute Gasteiger partial charge is 0.272 e. The molecule has 0 atom stereocenters. The molecule has 6 nitrogen and oxygen atoms in total. The van der Waals surface area contributed by atoms with Crippen molar-refractivity contribution in [2.75, 3.05) is 17.7 Å². The highest BCUT2D eigenvalue weighted by Gasteiger charge is 2.11. The van der Waals surface area contributed by atoms with Gasteiger partial charge in [-0.25, -0.2) is 0 Å². The van der Waals surface area contributed by atoms with Gasteiger partial charge in [-0.1, -0.05) is 6.07 Å². The highest BCUT2D eigenvalue weighted by molar-refractivity contribution is 6.06. The number of nitrogens with one attached hydrogen (secondary N) is 3. The number of hydrogen-bond donors (Lipinski definition) is 3. The molecule has 0 bridgehead atoms. The van der Waals surface area contributed by atoms with Crippen LogP contribution in [0.2, 0.25) is 0 Å². The van der Waals surface area contributed by atoms with Crippen LogP contribution in [0.25, 0.3) is 10.9 Å². The fraction of sp³-hybridized carbons (Fsp3) is 0.111. The van der Waals surface area contributed by atoms with Gasteiger partial charge in [0.1, 0.15) is 11.4 Å². The lowest BCUT2D eigenvalue weighted by molar-refractivity contribution is -0.114. The largest absolute Gasteiger partial charge is 0.497 e. The maximum absolute atomic E-state index is 12.4. The molecule has 0 saturated carbocycles. The van der Waals surface area contributed by atoms with Gasteiger partial charge in [-0.2, -0.15) is 0 Å². The zero-order chi connectivity index (χ0) is 17.1. The van der Waals surface area contributed by atoms with E-state index in [9.17, 15) is 9.59 Å². The molecule has 0 unspecified atom stereocenters. The fourth-order valence-corrected chi connectivity index (χ4v) is 2.44. The maximum Gasteiger partial charge on any atom is 0.272 e. The van der Waals surface area contributed by atoms with Gasteiger partial charge in [-0.3, -0.25) is 9.59 Å². The number of H-pyrrole nitrogens is 1. The molecule has 3 aromatic rings. The van der Waals surface area contributed by atoms with Crippen LogP contribution in [0.1, 0.15) is 17.4 Å². The van der Waals surface area contributed by atoms with Gasteiger partial charge in [0.25, 0.3) is 5.91 Å². The number of rotatable bonds is 4. The molecule has 0 saturated heterocycles. The predicted octanol–water partition coefficient (Wildman–Crippen LogP) is 3.39. The van der Waals surface area contributed by atoms with Gasteiger partial charge in [0.15, 0.2) is 0 Å². The summed E-state index contributed by atoms with van der Waals surface area (Å²) in [4.78, 5) is 26.6. The van der Waals surface area contributed by atoms with Crippen LogP contribution in [-0.2, 0) is 4.79 Å². The van der Waals surface area contributed by atoms with Gasteiger partial charge in [0.05, 0.1) is 7.11 Å². The Morgan fingerprint density at radius 2 is 1.75 bits per heavy atom. The number of fused-ring (bicyclic) bond motifs is 1. The molecule has 2 aromatic carbocycles. The third-order valence-electron chi connectivity index (χ3n) is 3.51. The van der Waals surface area contributed by atoms with Crippen LogP contribution in [0.5, 0.6) is 5.75 Å². The third-order valence-corrected chi connectivity index (χ3v) is 3.51. The summed E-state index contributed by atoms with van der Waals surface area (Å²) in [6, 6.07) is 14.3. The lowest BCUT2D eigenvalue weighted by Crippen LogP contribution is -2.12. The van der Waals surface area contributed by atoms with Gasteiger partial charge >= 0.3 is 0 Å². The van der Waals surface area contributed by atoms with Crippen LogP contribution < -0.4 is 15.4 Å². The molecule has 24 heavy (non-hydrogen) atoms. The lowest BCUT2D eigenvalue weighted by atomic mass is 10.2. The second kappa shape index (κ2) is 6.45. The Kier molecular flexibility index (Phi) is 4.20. The summed E-state index contributed by atoms with van der Waals surface area (Å²) in [5.74, 6) is 0.310. The van der Waals surface area contributed by atoms with Gasteiger partial charge in [0.2, 0.25) is 5.91 Å². The molecule has 1 aromatic heterocycles. The predicted molar refractivity (Wildman–Crippen MR) is 93.5 cm³/mol. The normalized spacial score (nSPS) is 10.4. The monoisotopic (exact) mass is 323 g/mol. The van der Waals surface area contributed by atoms with Crippen molar-refractivity contribution >= 4 is 34.1 Å². The van der Waals surface area contributed by atoms with Crippen LogP contribution in [0.15, 0.2) is 48.5 Å². The molecule has 0 aliphatic heterocycles. The minimum absolute atomic E-state index is 0.164. The Balaban J connectivity index is 1.80. The fourth-order valence-electron chi connectivity index (χ4n) is 2.44. The molecule has 122 valence electrons. The van der Waals surface area contributed by atoms with E-state index in [0.717, 1.165) is 16.7 Å². The first kappa shape index (κ1) is 15.6. The summed E-state index contributed by atoms with van der Waals surface area (Å²) < 4.78 is 5.18. The molecular formula is C18H17N3O3. The van der Waals surface area contributed by atoms with E-state index in [2.05, 4.69) is 15.6 Å². The molecule has 2 amide bonds. The zero-order valence-electron chi connectivity index (χ0n) is 13.3. The number of hydrogen-bond acceptors (Lipinski definition) is 3. The summed E-state index contributed by atoms with van der Waals surface area (Å²) >= 11 is 0. The highest BCUT2D eigenvalue weighted by atomic mass is 16.5. The van der Waals surface area contributed by atoms with E-state index >= 15 is 0 Å². The van der Waals surface area contributed by atoms with Crippen molar-refractivity contribution < 1.29 is 14.3 Å². The number of aromatic nitrogens is 1. The first-order chi connectivity index (χ1) is 11.5. The number of amides is 2. The average molecular weight is 323 g/mol. The van der Waals surface area contributed by atoms with Crippen molar-refractivity contribution in [1.82, 2.24) is 4.98 Å². The van der Waals surface area contributed by atoms with E-state index < -0.39 is 0 Å². The van der Waals surface area contributed by atoms with E-state index in [1.807, 2.05) is 18.2 Å². The van der Waals surface area contributed by atoms with E-state index in [0.29, 0.717) is 17.1 Å². The Morgan fingerprint density at radius 1 is 1.00 bits per heavy atom. The van der Waals surface area contributed by atoms with E-state index in [4.69, 9.17) is 4.74 Å². The van der Waals surface area contributed by atoms with Crippen LogP contribution >= 0.6 is 0 Å². The van der Waals surface area contributed by atoms with Crippen LogP contribution in [0.4, 0.5) is 11.4 Å². The molecule has 0 radical (unpaired) electrons. The van der Waals surface area contributed by atoms with E-state index in [-0.39, 0.29) is 11.8 Å². The Labute approximate surface area is 138 Å². The second-order valence-electron chi connectivity index (χ2n) is 5.35. The molecular weight excluding hydrogens is 306 g/mol. The van der Waals surface area contributed by atoms with Crippen molar-refractivity contribution in [3.8, 4) is 5.75 Å². The van der Waals surface area contributed by atoms with Crippen LogP contribution in [-0.4, -0.2) is 23.9 Å². The number of carbonyl (C=O) groups excluding carboxylic acids is 2. The van der Waals surface area contributed by atoms with Gasteiger partial charge < -0.3 is 20.4 Å². The molecule has 0 spiro atoms. The number of carbonyl (C=O) groups is 2. The van der Waals surface area contributed by atoms with Crippen molar-refractivity contribution in [2.45, 2.75) is 6.92 Å². The molecule has 0 aliphatic carbocycles. The Hall–Kier alpha value is -3.28. The van der Waals surface area contributed by atoms with Gasteiger partial charge in [0, 0.05) is 29.2 Å². The highest BCUT2D eigenvalue weighted by Crippen LogP contribution is 2.22. The zero-order valence-corrected chi connectivity index (χ0v) is 13.3. The molecule has 0 aliphatic rings. The summed E-state index contributed by atoms with van der Waals surface area (Å²) in [5.41, 5.74) is 2.53. The summed E-state index contributed by atoms with van der Waals surface area (Å²) in [6.45, 7) is 1.43. The van der Waals surface area contributed by atoms with Gasteiger partial charge in [-0.05, 0) is 42.5 Å². The molecule has 0 fully saturated rings. The molecule has 1 heterocycles. The topological polar surface area (TPSA) is 83.2 Å². The summed E-state index contributed by atoms with van der Waals surface area (Å²) in [7, 11) is 1.60. The third kappa shape index (κ3) is 3.38. The lowest BCUT2D eigenvalue weighted by Gasteiger charge is -2.07. The Bertz CT molecular complexity index is 915. The minimum Gasteiger partial charge on any atom is -0.497 e. The first-order valence-corrected chi connectivity index (χ1v) is 7.41. The minimum atomic E-state index is -0.259. The average Bonchev–Trinajstić information content (AvgIpc) is 2.97. The van der Waals surface area contributed by atoms with Crippen molar-refractivity contribution in [1.29, 1.82) is 0 Å². The van der Waals surface area contributed by atoms with Gasteiger partial charge in [-0.15, -0.1) is 0 Å². The van der Waals surface area contributed by atoms with E-state index in [1.165, 1.54) is 6.92 Å². The molecule has 6 heteroatoms. The summed E-state index contributed by atoms with van der Waals surface area (Å²) in [6.07, 6.45) is 0. The van der Waals surface area contributed by atoms with Crippen molar-refractivity contribution in [3.63, 3.8) is 0 Å². The maximum atomic E-state index is 12.4. The number of aromatic amines is 1. The number of anilines is 2. The first-order valence-electron chi connectivity index (χ1n) is 7.41. The summed E-state index contributed by atoms with van der Waals surface area (Å²) in [5, 5.41) is 6.38. The van der Waals surface area contributed by atoms with Crippen LogP contribution in [0, 0.1) is 0 Å². The van der Waals surface area contributed by atoms with Crippen molar-refractivity contribution in [3.05, 3.63) is 54.2 Å². The van der Waals surface area contributed by atoms with Crippen molar-refractivity contribution in [2.24, 2.45) is 0 Å². The van der Waals surface area contributed by atoms with E-state index in [1.54, 1.807) is 37.4 Å². The SMILES string of the molecule is COc1ccc2[nH]c(C(=O)Nc3cccc(NC(C)=O)c3)cc2c1. The Morgan fingerprint density at radius 3 is 2.46 bits per heavy atom. The standard InChI is InChI=1S/C18H17N3O3/c1-11(22)19-13-4-3-5-14(10-13)20-18(23)17-9-12-8-15(24-2)6-7-16(12)21-17/h3-10,21H,1-2H3,(H,19,22)(H,20,23).